The third kappa shape index (κ3) is 1.75. The van der Waals surface area contributed by atoms with Gasteiger partial charge in [-0.15, -0.1) is 11.3 Å². The molecule has 0 radical (unpaired) electrons. The molecular formula is C12H10BrN3S. The molecule has 17 heavy (non-hydrogen) atoms. The average molecular weight is 308 g/mol. The number of thiophene rings is 1. The van der Waals surface area contributed by atoms with Crippen LogP contribution in [-0.2, 0) is 7.05 Å². The van der Waals surface area contributed by atoms with Crippen molar-refractivity contribution in [2.75, 3.05) is 5.73 Å². The van der Waals surface area contributed by atoms with Crippen LogP contribution in [0.15, 0.2) is 34.1 Å². The van der Waals surface area contributed by atoms with Gasteiger partial charge in [0.05, 0.1) is 19.7 Å². The highest BCUT2D eigenvalue weighted by Crippen LogP contribution is 2.32. The first-order chi connectivity index (χ1) is 8.15. The molecule has 0 fully saturated rings. The quantitative estimate of drug-likeness (QED) is 0.697. The Labute approximate surface area is 111 Å². The lowest BCUT2D eigenvalue weighted by atomic mass is 10.3. The second kappa shape index (κ2) is 3.85. The van der Waals surface area contributed by atoms with E-state index in [1.807, 2.05) is 31.3 Å². The number of aromatic nitrogens is 2. The first-order valence-corrected chi connectivity index (χ1v) is 6.74. The topological polar surface area (TPSA) is 43.8 Å². The number of benzene rings is 1. The Kier molecular flexibility index (Phi) is 2.45. The van der Waals surface area contributed by atoms with Gasteiger partial charge in [0.2, 0.25) is 0 Å². The van der Waals surface area contributed by atoms with Crippen LogP contribution in [0.1, 0.15) is 0 Å². The minimum atomic E-state index is 0.763. The van der Waals surface area contributed by atoms with Crippen molar-refractivity contribution in [1.29, 1.82) is 0 Å². The number of hydrogen-bond acceptors (Lipinski definition) is 3. The zero-order valence-electron chi connectivity index (χ0n) is 9.14. The molecule has 0 atom stereocenters. The Morgan fingerprint density at radius 3 is 2.82 bits per heavy atom. The number of aryl methyl sites for hydroxylation is 1. The summed E-state index contributed by atoms with van der Waals surface area (Å²) in [4.78, 5) is 5.78. The molecule has 0 aliphatic rings. The Bertz CT molecular complexity index is 699. The minimum absolute atomic E-state index is 0.763. The maximum absolute atomic E-state index is 5.80. The normalized spacial score (nSPS) is 11.2. The Hall–Kier alpha value is -1.33. The van der Waals surface area contributed by atoms with Crippen LogP contribution in [0.25, 0.3) is 21.7 Å². The van der Waals surface area contributed by atoms with Gasteiger partial charge in [-0.2, -0.15) is 0 Å². The number of hydrogen-bond donors (Lipinski definition) is 1. The van der Waals surface area contributed by atoms with Gasteiger partial charge in [0.15, 0.2) is 5.82 Å². The number of fused-ring (bicyclic) bond motifs is 1. The van der Waals surface area contributed by atoms with E-state index in [1.165, 1.54) is 0 Å². The molecule has 0 aliphatic carbocycles. The number of anilines is 1. The molecule has 3 aromatic rings. The summed E-state index contributed by atoms with van der Waals surface area (Å²) < 4.78 is 3.18. The van der Waals surface area contributed by atoms with Crippen LogP contribution in [-0.4, -0.2) is 9.55 Å². The van der Waals surface area contributed by atoms with Gasteiger partial charge in [-0.05, 0) is 46.3 Å². The number of rotatable bonds is 1. The standard InChI is InChI=1S/C12H10BrN3S/c1-16-9-6-7(14)2-3-8(9)15-12(16)10-4-5-11(13)17-10/h2-6H,14H2,1H3. The zero-order valence-corrected chi connectivity index (χ0v) is 11.5. The second-order valence-corrected chi connectivity index (χ2v) is 6.31. The molecule has 3 nitrogen and oxygen atoms in total. The number of halogens is 1. The van der Waals surface area contributed by atoms with Crippen molar-refractivity contribution in [2.45, 2.75) is 0 Å². The van der Waals surface area contributed by atoms with Crippen molar-refractivity contribution in [3.63, 3.8) is 0 Å². The largest absolute Gasteiger partial charge is 0.399 e. The predicted molar refractivity (Wildman–Crippen MR) is 76.1 cm³/mol. The molecule has 0 aliphatic heterocycles. The summed E-state index contributed by atoms with van der Waals surface area (Å²) >= 11 is 5.15. The smallest absolute Gasteiger partial charge is 0.151 e. The van der Waals surface area contributed by atoms with Crippen LogP contribution in [0.4, 0.5) is 5.69 Å². The lowest BCUT2D eigenvalue weighted by Crippen LogP contribution is -1.91. The van der Waals surface area contributed by atoms with E-state index >= 15 is 0 Å². The van der Waals surface area contributed by atoms with Crippen LogP contribution >= 0.6 is 27.3 Å². The van der Waals surface area contributed by atoms with Crippen molar-refractivity contribution >= 4 is 44.0 Å². The van der Waals surface area contributed by atoms with Crippen LogP contribution in [0, 0.1) is 0 Å². The highest BCUT2D eigenvalue weighted by Gasteiger charge is 2.11. The third-order valence-corrected chi connectivity index (χ3v) is 4.32. The fourth-order valence-electron chi connectivity index (χ4n) is 1.86. The van der Waals surface area contributed by atoms with Gasteiger partial charge in [-0.25, -0.2) is 4.98 Å². The monoisotopic (exact) mass is 307 g/mol. The predicted octanol–water partition coefficient (Wildman–Crippen LogP) is 3.65. The maximum atomic E-state index is 5.80. The highest BCUT2D eigenvalue weighted by molar-refractivity contribution is 9.11. The second-order valence-electron chi connectivity index (χ2n) is 3.85. The van der Waals surface area contributed by atoms with Crippen molar-refractivity contribution in [2.24, 2.45) is 7.05 Å². The average Bonchev–Trinajstić information content (AvgIpc) is 2.84. The summed E-state index contributed by atoms with van der Waals surface area (Å²) in [6.45, 7) is 0. The SMILES string of the molecule is Cn1c(-c2ccc(Br)s2)nc2ccc(N)cc21. The summed E-state index contributed by atoms with van der Waals surface area (Å²) in [7, 11) is 2.01. The number of nitrogen functional groups attached to an aromatic ring is 1. The third-order valence-electron chi connectivity index (χ3n) is 2.70. The van der Waals surface area contributed by atoms with Gasteiger partial charge in [0, 0.05) is 12.7 Å². The maximum Gasteiger partial charge on any atom is 0.151 e. The molecule has 0 bridgehead atoms. The number of nitrogens with two attached hydrogens (primary N) is 1. The molecular weight excluding hydrogens is 298 g/mol. The molecule has 2 N–H and O–H groups in total. The van der Waals surface area contributed by atoms with Gasteiger partial charge >= 0.3 is 0 Å². The molecule has 1 aromatic carbocycles. The van der Waals surface area contributed by atoms with Gasteiger partial charge in [0.25, 0.3) is 0 Å². The molecule has 0 saturated heterocycles. The number of nitrogens with zero attached hydrogens (tertiary/aromatic N) is 2. The summed E-state index contributed by atoms with van der Waals surface area (Å²) in [6.07, 6.45) is 0. The lowest BCUT2D eigenvalue weighted by Gasteiger charge is -1.99. The zero-order chi connectivity index (χ0) is 12.0. The first-order valence-electron chi connectivity index (χ1n) is 5.13. The fourth-order valence-corrected chi connectivity index (χ4v) is 3.27. The summed E-state index contributed by atoms with van der Waals surface area (Å²) in [5.41, 5.74) is 8.60. The number of imidazole rings is 1. The van der Waals surface area contributed by atoms with Gasteiger partial charge < -0.3 is 10.3 Å². The summed E-state index contributed by atoms with van der Waals surface area (Å²) in [6, 6.07) is 9.89. The van der Waals surface area contributed by atoms with Crippen molar-refractivity contribution < 1.29 is 0 Å². The van der Waals surface area contributed by atoms with Gasteiger partial charge in [-0.3, -0.25) is 0 Å². The molecule has 5 heteroatoms. The fraction of sp³-hybridized carbons (Fsp3) is 0.0833. The van der Waals surface area contributed by atoms with E-state index in [-0.39, 0.29) is 0 Å². The Morgan fingerprint density at radius 1 is 1.29 bits per heavy atom. The van der Waals surface area contributed by atoms with Crippen molar-refractivity contribution in [3.05, 3.63) is 34.1 Å². The van der Waals surface area contributed by atoms with E-state index < -0.39 is 0 Å². The molecule has 0 amide bonds. The molecule has 2 heterocycles. The van der Waals surface area contributed by atoms with Crippen molar-refractivity contribution in [3.8, 4) is 10.7 Å². The van der Waals surface area contributed by atoms with Gasteiger partial charge in [0.1, 0.15) is 0 Å². The molecule has 0 unspecified atom stereocenters. The van der Waals surface area contributed by atoms with E-state index in [9.17, 15) is 0 Å². The lowest BCUT2D eigenvalue weighted by molar-refractivity contribution is 0.963. The van der Waals surface area contributed by atoms with Crippen LogP contribution < -0.4 is 5.73 Å². The van der Waals surface area contributed by atoms with E-state index in [2.05, 4.69) is 31.5 Å². The molecule has 0 spiro atoms. The van der Waals surface area contributed by atoms with E-state index in [4.69, 9.17) is 5.73 Å². The molecule has 0 saturated carbocycles. The van der Waals surface area contributed by atoms with Crippen LogP contribution in [0.5, 0.6) is 0 Å². The summed E-state index contributed by atoms with van der Waals surface area (Å²) in [5, 5.41) is 0. The Morgan fingerprint density at radius 2 is 2.12 bits per heavy atom. The van der Waals surface area contributed by atoms with E-state index in [1.54, 1.807) is 11.3 Å². The van der Waals surface area contributed by atoms with Crippen molar-refractivity contribution in [1.82, 2.24) is 9.55 Å². The van der Waals surface area contributed by atoms with E-state index in [0.717, 1.165) is 31.2 Å². The minimum Gasteiger partial charge on any atom is -0.399 e. The van der Waals surface area contributed by atoms with Gasteiger partial charge in [-0.1, -0.05) is 0 Å². The Balaban J connectivity index is 2.27. The first kappa shape index (κ1) is 10.8. The highest BCUT2D eigenvalue weighted by atomic mass is 79.9. The van der Waals surface area contributed by atoms with Crippen LogP contribution in [0.3, 0.4) is 0 Å². The molecule has 3 rings (SSSR count). The molecule has 86 valence electrons. The molecule has 2 aromatic heterocycles. The van der Waals surface area contributed by atoms with E-state index in [0.29, 0.717) is 0 Å². The summed E-state index contributed by atoms with van der Waals surface area (Å²) in [5.74, 6) is 0.973. The van der Waals surface area contributed by atoms with Crippen LogP contribution in [0.2, 0.25) is 0 Å².